The molecule has 1 aliphatic heterocycles. The highest BCUT2D eigenvalue weighted by molar-refractivity contribution is 6.08. The van der Waals surface area contributed by atoms with Crippen molar-refractivity contribution in [2.24, 2.45) is 0 Å². The summed E-state index contributed by atoms with van der Waals surface area (Å²) in [6.45, 7) is 2.22. The van der Waals surface area contributed by atoms with Crippen LogP contribution in [-0.2, 0) is 14.3 Å². The minimum atomic E-state index is -1.04. The number of rotatable bonds is 8. The Labute approximate surface area is 156 Å². The molecular weight excluding hydrogens is 356 g/mol. The molecule has 9 nitrogen and oxygen atoms in total. The first kappa shape index (κ1) is 20.2. The number of hydrogen-bond acceptors (Lipinski definition) is 7. The summed E-state index contributed by atoms with van der Waals surface area (Å²) in [6.07, 6.45) is 0.388. The van der Waals surface area contributed by atoms with Crippen molar-refractivity contribution in [3.8, 4) is 11.5 Å². The zero-order valence-electron chi connectivity index (χ0n) is 15.7. The summed E-state index contributed by atoms with van der Waals surface area (Å²) in [4.78, 5) is 49.2. The van der Waals surface area contributed by atoms with Gasteiger partial charge in [0.25, 0.3) is 5.91 Å². The molecule has 0 spiro atoms. The lowest BCUT2D eigenvalue weighted by molar-refractivity contribution is -0.146. The maximum Gasteiger partial charge on any atom is 0.326 e. The minimum Gasteiger partial charge on any atom is -0.497 e. The Morgan fingerprint density at radius 1 is 1.19 bits per heavy atom. The predicted octanol–water partition coefficient (Wildman–Crippen LogP) is 1.15. The highest BCUT2D eigenvalue weighted by atomic mass is 16.5. The molecule has 1 aromatic carbocycles. The van der Waals surface area contributed by atoms with Crippen molar-refractivity contribution >= 4 is 23.7 Å². The van der Waals surface area contributed by atoms with E-state index in [1.807, 2.05) is 0 Å². The smallest absolute Gasteiger partial charge is 0.326 e. The number of nitrogens with zero attached hydrogens (tertiary/aromatic N) is 1. The summed E-state index contributed by atoms with van der Waals surface area (Å²) < 4.78 is 15.1. The van der Waals surface area contributed by atoms with Crippen LogP contribution in [0, 0.1) is 0 Å². The van der Waals surface area contributed by atoms with E-state index < -0.39 is 42.4 Å². The van der Waals surface area contributed by atoms with E-state index >= 15 is 0 Å². The molecule has 27 heavy (non-hydrogen) atoms. The molecule has 1 N–H and O–H groups in total. The van der Waals surface area contributed by atoms with E-state index in [2.05, 4.69) is 5.32 Å². The van der Waals surface area contributed by atoms with E-state index in [9.17, 15) is 19.2 Å². The number of carbonyl (C=O) groups excluding carboxylic acids is 4. The van der Waals surface area contributed by atoms with Crippen LogP contribution >= 0.6 is 0 Å². The molecule has 1 aromatic rings. The van der Waals surface area contributed by atoms with Gasteiger partial charge in [0.2, 0.25) is 5.78 Å². The van der Waals surface area contributed by atoms with Gasteiger partial charge in [0.1, 0.15) is 23.6 Å². The van der Waals surface area contributed by atoms with Crippen molar-refractivity contribution < 1.29 is 33.4 Å². The zero-order valence-corrected chi connectivity index (χ0v) is 15.7. The van der Waals surface area contributed by atoms with Gasteiger partial charge in [0, 0.05) is 6.07 Å². The van der Waals surface area contributed by atoms with E-state index in [1.54, 1.807) is 19.9 Å². The number of ether oxygens (including phenoxy) is 3. The molecule has 0 aliphatic carbocycles. The van der Waals surface area contributed by atoms with Crippen LogP contribution in [0.4, 0.5) is 4.79 Å². The Kier molecular flexibility index (Phi) is 6.04. The molecule has 3 amide bonds. The Bertz CT molecular complexity index is 777. The Morgan fingerprint density at radius 2 is 1.89 bits per heavy atom. The van der Waals surface area contributed by atoms with Crippen molar-refractivity contribution in [2.75, 3.05) is 27.4 Å². The molecule has 0 aromatic heterocycles. The van der Waals surface area contributed by atoms with E-state index in [0.717, 1.165) is 4.90 Å². The van der Waals surface area contributed by atoms with E-state index in [4.69, 9.17) is 14.2 Å². The van der Waals surface area contributed by atoms with Gasteiger partial charge in [0.15, 0.2) is 6.61 Å². The van der Waals surface area contributed by atoms with Crippen molar-refractivity contribution in [1.29, 1.82) is 0 Å². The van der Waals surface area contributed by atoms with Gasteiger partial charge in [0.05, 0.1) is 19.8 Å². The number of carbonyl (C=O) groups is 4. The molecule has 0 bridgehead atoms. The second-order valence-corrected chi connectivity index (χ2v) is 6.16. The largest absolute Gasteiger partial charge is 0.497 e. The van der Waals surface area contributed by atoms with E-state index in [-0.39, 0.29) is 11.3 Å². The summed E-state index contributed by atoms with van der Waals surface area (Å²) in [5.74, 6) is -1.06. The maximum atomic E-state index is 12.3. The Morgan fingerprint density at radius 3 is 2.44 bits per heavy atom. The van der Waals surface area contributed by atoms with Gasteiger partial charge in [-0.25, -0.2) is 4.79 Å². The third kappa shape index (κ3) is 4.18. The molecule has 1 saturated heterocycles. The number of ketones is 1. The first-order valence-electron chi connectivity index (χ1n) is 8.30. The topological polar surface area (TPSA) is 111 Å². The fraction of sp³-hybridized carbons (Fsp3) is 0.444. The predicted molar refractivity (Wildman–Crippen MR) is 93.8 cm³/mol. The van der Waals surface area contributed by atoms with Crippen molar-refractivity contribution in [2.45, 2.75) is 25.8 Å². The summed E-state index contributed by atoms with van der Waals surface area (Å²) >= 11 is 0. The Hall–Kier alpha value is -3.10. The third-order valence-electron chi connectivity index (χ3n) is 4.41. The SMILES string of the molecule is CC[C@@]1(C)NC(=O)N(CC(=O)OCC(=O)c2ccc(OC)cc2OC)C1=O. The molecule has 2 rings (SSSR count). The van der Waals surface area contributed by atoms with Crippen LogP contribution < -0.4 is 14.8 Å². The summed E-state index contributed by atoms with van der Waals surface area (Å²) in [5.41, 5.74) is -0.816. The normalized spacial score (nSPS) is 18.9. The molecule has 9 heteroatoms. The monoisotopic (exact) mass is 378 g/mol. The fourth-order valence-corrected chi connectivity index (χ4v) is 2.56. The molecular formula is C18H22N2O7. The number of urea groups is 1. The van der Waals surface area contributed by atoms with Gasteiger partial charge in [-0.3, -0.25) is 19.3 Å². The average Bonchev–Trinajstić information content (AvgIpc) is 2.89. The number of imide groups is 1. The number of hydrogen-bond donors (Lipinski definition) is 1. The molecule has 1 aliphatic rings. The highest BCUT2D eigenvalue weighted by Crippen LogP contribution is 2.25. The zero-order chi connectivity index (χ0) is 20.2. The number of nitrogens with one attached hydrogen (secondary N) is 1. The highest BCUT2D eigenvalue weighted by Gasteiger charge is 2.47. The minimum absolute atomic E-state index is 0.222. The van der Waals surface area contributed by atoms with E-state index in [1.165, 1.54) is 26.4 Å². The second kappa shape index (κ2) is 8.07. The molecule has 146 valence electrons. The standard InChI is InChI=1S/C18H22N2O7/c1-5-18(2)16(23)20(17(24)19-18)9-15(22)27-10-13(21)12-7-6-11(25-3)8-14(12)26-4/h6-8H,5,9-10H2,1-4H3,(H,19,24)/t18-/m1/s1. The lowest BCUT2D eigenvalue weighted by Gasteiger charge is -2.18. The lowest BCUT2D eigenvalue weighted by Crippen LogP contribution is -2.43. The molecule has 0 radical (unpaired) electrons. The van der Waals surface area contributed by atoms with Crippen LogP contribution in [0.1, 0.15) is 30.6 Å². The van der Waals surface area contributed by atoms with Crippen LogP contribution in [0.5, 0.6) is 11.5 Å². The Balaban J connectivity index is 1.97. The number of amides is 3. The third-order valence-corrected chi connectivity index (χ3v) is 4.41. The first-order chi connectivity index (χ1) is 12.8. The van der Waals surface area contributed by atoms with Crippen LogP contribution in [0.2, 0.25) is 0 Å². The number of benzene rings is 1. The molecule has 0 saturated carbocycles. The summed E-state index contributed by atoms with van der Waals surface area (Å²) in [5, 5.41) is 2.54. The van der Waals surface area contributed by atoms with Gasteiger partial charge in [-0.05, 0) is 25.5 Å². The lowest BCUT2D eigenvalue weighted by atomic mass is 9.99. The fourth-order valence-electron chi connectivity index (χ4n) is 2.56. The van der Waals surface area contributed by atoms with Gasteiger partial charge in [-0.2, -0.15) is 0 Å². The molecule has 0 unspecified atom stereocenters. The maximum absolute atomic E-state index is 12.3. The van der Waals surface area contributed by atoms with Crippen LogP contribution in [0.25, 0.3) is 0 Å². The summed E-state index contributed by atoms with van der Waals surface area (Å²) in [7, 11) is 2.89. The van der Waals surface area contributed by atoms with Crippen LogP contribution in [0.15, 0.2) is 18.2 Å². The number of esters is 1. The van der Waals surface area contributed by atoms with Gasteiger partial charge < -0.3 is 19.5 Å². The van der Waals surface area contributed by atoms with Crippen LogP contribution in [-0.4, -0.2) is 61.5 Å². The van der Waals surface area contributed by atoms with Crippen molar-refractivity contribution in [3.63, 3.8) is 0 Å². The first-order valence-corrected chi connectivity index (χ1v) is 8.30. The van der Waals surface area contributed by atoms with Crippen molar-refractivity contribution in [1.82, 2.24) is 10.2 Å². The van der Waals surface area contributed by atoms with Gasteiger partial charge in [-0.1, -0.05) is 6.92 Å². The number of Topliss-reactive ketones (excluding diaryl/α,β-unsaturated/α-hetero) is 1. The summed E-state index contributed by atoms with van der Waals surface area (Å²) in [6, 6.07) is 3.95. The van der Waals surface area contributed by atoms with E-state index in [0.29, 0.717) is 12.2 Å². The quantitative estimate of drug-likeness (QED) is 0.410. The molecule has 1 fully saturated rings. The van der Waals surface area contributed by atoms with Crippen LogP contribution in [0.3, 0.4) is 0 Å². The number of methoxy groups -OCH3 is 2. The second-order valence-electron chi connectivity index (χ2n) is 6.16. The molecule has 1 atom stereocenters. The van der Waals surface area contributed by atoms with Crippen molar-refractivity contribution in [3.05, 3.63) is 23.8 Å². The molecule has 1 heterocycles. The average molecular weight is 378 g/mol. The van der Waals surface area contributed by atoms with Gasteiger partial charge in [-0.15, -0.1) is 0 Å². The van der Waals surface area contributed by atoms with Gasteiger partial charge >= 0.3 is 12.0 Å².